The Labute approximate surface area is 112 Å². The van der Waals surface area contributed by atoms with Crippen LogP contribution < -0.4 is 0 Å². The van der Waals surface area contributed by atoms with E-state index in [0.29, 0.717) is 17.0 Å². The van der Waals surface area contributed by atoms with E-state index in [1.807, 2.05) is 0 Å². The van der Waals surface area contributed by atoms with Crippen LogP contribution in [0.5, 0.6) is 0 Å². The number of hydrogen-bond donors (Lipinski definition) is 1. The first kappa shape index (κ1) is 15.0. The molecular formula is C12H16ClNO3S. The van der Waals surface area contributed by atoms with Gasteiger partial charge in [-0.1, -0.05) is 42.7 Å². The highest BCUT2D eigenvalue weighted by atomic mass is 35.5. The summed E-state index contributed by atoms with van der Waals surface area (Å²) in [6.45, 7) is 3.32. The highest BCUT2D eigenvalue weighted by molar-refractivity contribution is 7.92. The minimum atomic E-state index is -3.32. The molecule has 1 aromatic rings. The number of rotatable bonds is 5. The lowest BCUT2D eigenvalue weighted by Crippen LogP contribution is -2.31. The number of sulfone groups is 1. The molecule has 0 unspecified atom stereocenters. The van der Waals surface area contributed by atoms with Crippen LogP contribution in [-0.2, 0) is 9.84 Å². The number of halogens is 1. The maximum atomic E-state index is 12.0. The molecule has 0 radical (unpaired) electrons. The number of hydrogen-bond acceptors (Lipinski definition) is 4. The van der Waals surface area contributed by atoms with Crippen LogP contribution in [0, 0.1) is 0 Å². The van der Waals surface area contributed by atoms with E-state index in [9.17, 15) is 8.42 Å². The Morgan fingerprint density at radius 3 is 2.56 bits per heavy atom. The van der Waals surface area contributed by atoms with Gasteiger partial charge in [-0.2, -0.15) is 0 Å². The third-order valence-electron chi connectivity index (χ3n) is 2.74. The van der Waals surface area contributed by atoms with Crippen LogP contribution in [0.4, 0.5) is 0 Å². The van der Waals surface area contributed by atoms with Crippen molar-refractivity contribution in [1.29, 1.82) is 0 Å². The van der Waals surface area contributed by atoms with Crippen LogP contribution in [0.15, 0.2) is 29.4 Å². The van der Waals surface area contributed by atoms with Gasteiger partial charge in [0.05, 0.1) is 0 Å². The lowest BCUT2D eigenvalue weighted by molar-refractivity contribution is 0.318. The SMILES string of the molecule is CC[C@H](/C(=N\O)c1cccc(Cl)c1)S(=O)(=O)CC. The lowest BCUT2D eigenvalue weighted by atomic mass is 10.1. The van der Waals surface area contributed by atoms with Gasteiger partial charge in [-0.25, -0.2) is 8.42 Å². The molecule has 6 heteroatoms. The molecule has 0 heterocycles. The topological polar surface area (TPSA) is 66.7 Å². The fourth-order valence-electron chi connectivity index (χ4n) is 1.77. The molecule has 0 saturated carbocycles. The van der Waals surface area contributed by atoms with E-state index in [0.717, 1.165) is 0 Å². The van der Waals surface area contributed by atoms with Gasteiger partial charge in [0, 0.05) is 16.3 Å². The van der Waals surface area contributed by atoms with E-state index in [1.54, 1.807) is 38.1 Å². The first-order valence-electron chi connectivity index (χ1n) is 5.65. The van der Waals surface area contributed by atoms with Crippen LogP contribution in [0.3, 0.4) is 0 Å². The Hall–Kier alpha value is -1.07. The molecule has 0 bridgehead atoms. The van der Waals surface area contributed by atoms with Crippen LogP contribution in [0.1, 0.15) is 25.8 Å². The van der Waals surface area contributed by atoms with Crippen molar-refractivity contribution < 1.29 is 13.6 Å². The molecule has 0 aromatic heterocycles. The van der Waals surface area contributed by atoms with Gasteiger partial charge in [-0.3, -0.25) is 0 Å². The minimum Gasteiger partial charge on any atom is -0.411 e. The normalized spacial score (nSPS) is 14.5. The van der Waals surface area contributed by atoms with Crippen molar-refractivity contribution in [2.75, 3.05) is 5.75 Å². The van der Waals surface area contributed by atoms with Crippen LogP contribution in [-0.4, -0.2) is 30.3 Å². The van der Waals surface area contributed by atoms with E-state index in [4.69, 9.17) is 16.8 Å². The fourth-order valence-corrected chi connectivity index (χ4v) is 3.40. The molecule has 1 atom stereocenters. The quantitative estimate of drug-likeness (QED) is 0.515. The molecule has 18 heavy (non-hydrogen) atoms. The van der Waals surface area contributed by atoms with Crippen LogP contribution >= 0.6 is 11.6 Å². The van der Waals surface area contributed by atoms with Gasteiger partial charge < -0.3 is 5.21 Å². The smallest absolute Gasteiger partial charge is 0.158 e. The molecule has 0 aliphatic heterocycles. The number of oxime groups is 1. The minimum absolute atomic E-state index is 0.00505. The Balaban J connectivity index is 3.26. The van der Waals surface area contributed by atoms with E-state index in [1.165, 1.54) is 0 Å². The molecule has 1 aromatic carbocycles. The van der Waals surface area contributed by atoms with Gasteiger partial charge in [0.2, 0.25) is 0 Å². The maximum Gasteiger partial charge on any atom is 0.158 e. The predicted octanol–water partition coefficient (Wildman–Crippen LogP) is 2.73. The largest absolute Gasteiger partial charge is 0.411 e. The lowest BCUT2D eigenvalue weighted by Gasteiger charge is -2.16. The zero-order valence-electron chi connectivity index (χ0n) is 10.3. The van der Waals surface area contributed by atoms with Crippen molar-refractivity contribution in [2.24, 2.45) is 5.16 Å². The Bertz CT molecular complexity index is 540. The van der Waals surface area contributed by atoms with Gasteiger partial charge in [0.1, 0.15) is 11.0 Å². The van der Waals surface area contributed by atoms with Gasteiger partial charge >= 0.3 is 0 Å². The second kappa shape index (κ2) is 6.20. The summed E-state index contributed by atoms with van der Waals surface area (Å²) in [5.41, 5.74) is 0.663. The molecule has 0 fully saturated rings. The summed E-state index contributed by atoms with van der Waals surface area (Å²) in [6, 6.07) is 6.63. The summed E-state index contributed by atoms with van der Waals surface area (Å²) in [6.07, 6.45) is 0.349. The van der Waals surface area contributed by atoms with Crippen molar-refractivity contribution in [2.45, 2.75) is 25.5 Å². The monoisotopic (exact) mass is 289 g/mol. The van der Waals surface area contributed by atoms with E-state index >= 15 is 0 Å². The average Bonchev–Trinajstić information content (AvgIpc) is 2.35. The molecule has 1 rings (SSSR count). The summed E-state index contributed by atoms with van der Waals surface area (Å²) in [4.78, 5) is 0. The molecule has 1 N–H and O–H groups in total. The van der Waals surface area contributed by atoms with Gasteiger partial charge in [-0.15, -0.1) is 0 Å². The average molecular weight is 290 g/mol. The van der Waals surface area contributed by atoms with Crippen molar-refractivity contribution in [3.63, 3.8) is 0 Å². The fraction of sp³-hybridized carbons (Fsp3) is 0.417. The zero-order chi connectivity index (χ0) is 13.8. The number of benzene rings is 1. The molecular weight excluding hydrogens is 274 g/mol. The molecule has 0 saturated heterocycles. The van der Waals surface area contributed by atoms with Crippen molar-refractivity contribution in [3.05, 3.63) is 34.9 Å². The number of nitrogens with zero attached hydrogens (tertiary/aromatic N) is 1. The second-order valence-electron chi connectivity index (χ2n) is 3.84. The Morgan fingerprint density at radius 2 is 2.11 bits per heavy atom. The summed E-state index contributed by atoms with van der Waals surface area (Å²) < 4.78 is 23.9. The molecule has 4 nitrogen and oxygen atoms in total. The third-order valence-corrected chi connectivity index (χ3v) is 5.20. The zero-order valence-corrected chi connectivity index (χ0v) is 11.9. The highest BCUT2D eigenvalue weighted by Gasteiger charge is 2.29. The first-order chi connectivity index (χ1) is 8.46. The van der Waals surface area contributed by atoms with Gasteiger partial charge in [-0.05, 0) is 18.6 Å². The Kier molecular flexibility index (Phi) is 5.16. The second-order valence-corrected chi connectivity index (χ2v) is 6.75. The third kappa shape index (κ3) is 3.23. The summed E-state index contributed by atoms with van der Waals surface area (Å²) in [7, 11) is -3.32. The molecule has 0 aliphatic rings. The maximum absolute atomic E-state index is 12.0. The molecule has 100 valence electrons. The molecule has 0 aliphatic carbocycles. The van der Waals surface area contributed by atoms with Crippen LogP contribution in [0.2, 0.25) is 5.02 Å². The van der Waals surface area contributed by atoms with Crippen molar-refractivity contribution >= 4 is 27.1 Å². The van der Waals surface area contributed by atoms with Gasteiger partial charge in [0.25, 0.3) is 0 Å². The highest BCUT2D eigenvalue weighted by Crippen LogP contribution is 2.18. The van der Waals surface area contributed by atoms with E-state index < -0.39 is 15.1 Å². The van der Waals surface area contributed by atoms with E-state index in [-0.39, 0.29) is 11.5 Å². The molecule has 0 amide bonds. The van der Waals surface area contributed by atoms with E-state index in [2.05, 4.69) is 5.16 Å². The van der Waals surface area contributed by atoms with Crippen molar-refractivity contribution in [1.82, 2.24) is 0 Å². The standard InChI is InChI=1S/C12H16ClNO3S/c1-3-11(18(16,17)4-2)12(14-15)9-6-5-7-10(13)8-9/h5-8,11,15H,3-4H2,1-2H3/b14-12-/t11-/m1/s1. The van der Waals surface area contributed by atoms with Crippen molar-refractivity contribution in [3.8, 4) is 0 Å². The van der Waals surface area contributed by atoms with Crippen LogP contribution in [0.25, 0.3) is 0 Å². The Morgan fingerprint density at radius 1 is 1.44 bits per heavy atom. The molecule has 0 spiro atoms. The summed E-state index contributed by atoms with van der Waals surface area (Å²) >= 11 is 5.86. The summed E-state index contributed by atoms with van der Waals surface area (Å²) in [5.74, 6) is 0.00505. The first-order valence-corrected chi connectivity index (χ1v) is 7.75. The van der Waals surface area contributed by atoms with Gasteiger partial charge in [0.15, 0.2) is 9.84 Å². The summed E-state index contributed by atoms with van der Waals surface area (Å²) in [5, 5.41) is 11.9. The predicted molar refractivity (Wildman–Crippen MR) is 73.3 cm³/mol.